The first-order valence-electron chi connectivity index (χ1n) is 6.47. The van der Waals surface area contributed by atoms with Gasteiger partial charge < -0.3 is 4.74 Å². The van der Waals surface area contributed by atoms with Crippen LogP contribution in [0, 0.1) is 3.57 Å². The van der Waals surface area contributed by atoms with Crippen molar-refractivity contribution in [3.05, 3.63) is 69.3 Å². The van der Waals surface area contributed by atoms with Crippen LogP contribution in [0.25, 0.3) is 0 Å². The highest BCUT2D eigenvalue weighted by molar-refractivity contribution is 14.1. The number of carbonyl (C=O) groups excluding carboxylic acids is 1. The van der Waals surface area contributed by atoms with Crippen LogP contribution in [0.15, 0.2) is 54.6 Å². The highest BCUT2D eigenvalue weighted by Gasteiger charge is 2.31. The summed E-state index contributed by atoms with van der Waals surface area (Å²) in [6.45, 7) is 1.20. The van der Waals surface area contributed by atoms with Crippen LogP contribution in [0.2, 0.25) is 0 Å². The molecule has 0 spiro atoms. The van der Waals surface area contributed by atoms with Gasteiger partial charge in [-0.15, -0.1) is 0 Å². The van der Waals surface area contributed by atoms with Gasteiger partial charge in [0.05, 0.1) is 6.54 Å². The molecule has 1 aliphatic heterocycles. The summed E-state index contributed by atoms with van der Waals surface area (Å²) in [6, 6.07) is 18.0. The number of nitrogens with zero attached hydrogens (tertiary/aromatic N) is 1. The van der Waals surface area contributed by atoms with Crippen LogP contribution in [0.3, 0.4) is 0 Å². The lowest BCUT2D eigenvalue weighted by atomic mass is 10.1. The number of ether oxygens (including phenoxy) is 1. The van der Waals surface area contributed by atoms with Gasteiger partial charge in [-0.05, 0) is 45.9 Å². The number of benzene rings is 2. The first kappa shape index (κ1) is 13.4. The van der Waals surface area contributed by atoms with Crippen molar-refractivity contribution in [1.82, 2.24) is 4.90 Å². The Morgan fingerprint density at radius 1 is 1.15 bits per heavy atom. The fourth-order valence-corrected chi connectivity index (χ4v) is 2.94. The molecule has 102 valence electrons. The van der Waals surface area contributed by atoms with Gasteiger partial charge in [0, 0.05) is 10.1 Å². The molecule has 1 atom stereocenters. The van der Waals surface area contributed by atoms with Gasteiger partial charge in [0.2, 0.25) is 0 Å². The van der Waals surface area contributed by atoms with Crippen LogP contribution in [0.4, 0.5) is 4.79 Å². The predicted octanol–water partition coefficient (Wildman–Crippen LogP) is 3.98. The molecule has 0 N–H and O–H groups in total. The zero-order chi connectivity index (χ0) is 13.9. The van der Waals surface area contributed by atoms with E-state index in [0.29, 0.717) is 13.1 Å². The number of hydrogen-bond acceptors (Lipinski definition) is 2. The van der Waals surface area contributed by atoms with E-state index in [0.717, 1.165) is 11.1 Å². The Morgan fingerprint density at radius 3 is 2.70 bits per heavy atom. The minimum atomic E-state index is -0.238. The summed E-state index contributed by atoms with van der Waals surface area (Å²) >= 11 is 2.28. The summed E-state index contributed by atoms with van der Waals surface area (Å²) in [5.74, 6) is 0. The van der Waals surface area contributed by atoms with Crippen molar-refractivity contribution in [2.75, 3.05) is 6.54 Å². The smallest absolute Gasteiger partial charge is 0.410 e. The highest BCUT2D eigenvalue weighted by atomic mass is 127. The molecule has 0 radical (unpaired) electrons. The SMILES string of the molecule is O=C1OC(c2ccccc2)CN1Cc1cccc(I)c1. The molecule has 2 aromatic carbocycles. The minimum absolute atomic E-state index is 0.161. The summed E-state index contributed by atoms with van der Waals surface area (Å²) in [4.78, 5) is 13.7. The number of amides is 1. The summed E-state index contributed by atoms with van der Waals surface area (Å²) in [6.07, 6.45) is -0.399. The second-order valence-electron chi connectivity index (χ2n) is 4.79. The molecule has 1 heterocycles. The summed E-state index contributed by atoms with van der Waals surface area (Å²) in [5.41, 5.74) is 2.17. The van der Waals surface area contributed by atoms with Gasteiger partial charge in [-0.2, -0.15) is 0 Å². The van der Waals surface area contributed by atoms with E-state index in [2.05, 4.69) is 28.7 Å². The topological polar surface area (TPSA) is 29.5 Å². The molecule has 20 heavy (non-hydrogen) atoms. The van der Waals surface area contributed by atoms with E-state index in [1.54, 1.807) is 4.90 Å². The van der Waals surface area contributed by atoms with Gasteiger partial charge >= 0.3 is 6.09 Å². The molecular formula is C16H14INO2. The number of carbonyl (C=O) groups is 1. The van der Waals surface area contributed by atoms with Crippen LogP contribution >= 0.6 is 22.6 Å². The second-order valence-corrected chi connectivity index (χ2v) is 6.04. The fourth-order valence-electron chi connectivity index (χ4n) is 2.33. The Labute approximate surface area is 131 Å². The van der Waals surface area contributed by atoms with Crippen LogP contribution in [0.5, 0.6) is 0 Å². The standard InChI is InChI=1S/C16H14INO2/c17-14-8-4-5-12(9-14)10-18-11-15(20-16(18)19)13-6-2-1-3-7-13/h1-9,15H,10-11H2. The number of hydrogen-bond donors (Lipinski definition) is 0. The molecule has 1 fully saturated rings. The van der Waals surface area contributed by atoms with Crippen molar-refractivity contribution in [3.63, 3.8) is 0 Å². The van der Waals surface area contributed by atoms with Crippen molar-refractivity contribution in [2.45, 2.75) is 12.6 Å². The van der Waals surface area contributed by atoms with Gasteiger partial charge in [-0.25, -0.2) is 4.79 Å². The molecule has 2 aromatic rings. The third-order valence-corrected chi connectivity index (χ3v) is 3.99. The lowest BCUT2D eigenvalue weighted by Gasteiger charge is -2.13. The molecule has 1 amide bonds. The van der Waals surface area contributed by atoms with Crippen LogP contribution in [-0.2, 0) is 11.3 Å². The van der Waals surface area contributed by atoms with Crippen LogP contribution in [0.1, 0.15) is 17.2 Å². The number of halogens is 1. The van der Waals surface area contributed by atoms with E-state index in [-0.39, 0.29) is 12.2 Å². The molecule has 0 aliphatic carbocycles. The maximum absolute atomic E-state index is 11.9. The van der Waals surface area contributed by atoms with Gasteiger partial charge in [0.1, 0.15) is 6.10 Å². The van der Waals surface area contributed by atoms with E-state index >= 15 is 0 Å². The summed E-state index contributed by atoms with van der Waals surface area (Å²) in [7, 11) is 0. The third-order valence-electron chi connectivity index (χ3n) is 3.32. The van der Waals surface area contributed by atoms with Crippen molar-refractivity contribution in [2.24, 2.45) is 0 Å². The molecule has 0 bridgehead atoms. The van der Waals surface area contributed by atoms with Crippen LogP contribution in [-0.4, -0.2) is 17.5 Å². The highest BCUT2D eigenvalue weighted by Crippen LogP contribution is 2.27. The first-order valence-corrected chi connectivity index (χ1v) is 7.55. The summed E-state index contributed by atoms with van der Waals surface area (Å²) < 4.78 is 6.62. The van der Waals surface area contributed by atoms with E-state index < -0.39 is 0 Å². The maximum Gasteiger partial charge on any atom is 0.410 e. The zero-order valence-electron chi connectivity index (χ0n) is 10.8. The molecule has 0 saturated carbocycles. The minimum Gasteiger partial charge on any atom is -0.439 e. The molecular weight excluding hydrogens is 365 g/mol. The Balaban J connectivity index is 1.71. The number of cyclic esters (lactones) is 1. The van der Waals surface area contributed by atoms with Gasteiger partial charge in [0.25, 0.3) is 0 Å². The third kappa shape index (κ3) is 2.95. The largest absolute Gasteiger partial charge is 0.439 e. The van der Waals surface area contributed by atoms with E-state index in [1.807, 2.05) is 48.5 Å². The number of rotatable bonds is 3. The fraction of sp³-hybridized carbons (Fsp3) is 0.188. The average Bonchev–Trinajstić information content (AvgIpc) is 2.81. The lowest BCUT2D eigenvalue weighted by molar-refractivity contribution is 0.132. The molecule has 1 aliphatic rings. The average molecular weight is 379 g/mol. The van der Waals surface area contributed by atoms with Crippen molar-refractivity contribution in [1.29, 1.82) is 0 Å². The van der Waals surface area contributed by atoms with E-state index in [4.69, 9.17) is 4.74 Å². The van der Waals surface area contributed by atoms with Crippen molar-refractivity contribution in [3.8, 4) is 0 Å². The monoisotopic (exact) mass is 379 g/mol. The zero-order valence-corrected chi connectivity index (χ0v) is 13.0. The Bertz CT molecular complexity index is 615. The molecule has 3 nitrogen and oxygen atoms in total. The predicted molar refractivity (Wildman–Crippen MR) is 85.2 cm³/mol. The van der Waals surface area contributed by atoms with E-state index in [1.165, 1.54) is 3.57 Å². The quantitative estimate of drug-likeness (QED) is 0.755. The van der Waals surface area contributed by atoms with Gasteiger partial charge in [0.15, 0.2) is 0 Å². The van der Waals surface area contributed by atoms with Crippen molar-refractivity contribution < 1.29 is 9.53 Å². The molecule has 3 rings (SSSR count). The first-order chi connectivity index (χ1) is 9.72. The van der Waals surface area contributed by atoms with E-state index in [9.17, 15) is 4.79 Å². The van der Waals surface area contributed by atoms with Crippen molar-refractivity contribution >= 4 is 28.7 Å². The normalized spacial score (nSPS) is 18.1. The Hall–Kier alpha value is -1.56. The maximum atomic E-state index is 11.9. The summed E-state index contributed by atoms with van der Waals surface area (Å²) in [5, 5.41) is 0. The molecule has 0 aromatic heterocycles. The Kier molecular flexibility index (Phi) is 3.91. The van der Waals surface area contributed by atoms with Crippen LogP contribution < -0.4 is 0 Å². The Morgan fingerprint density at radius 2 is 1.95 bits per heavy atom. The molecule has 4 heteroatoms. The van der Waals surface area contributed by atoms with Gasteiger partial charge in [-0.3, -0.25) is 4.90 Å². The lowest BCUT2D eigenvalue weighted by Crippen LogP contribution is -2.23. The van der Waals surface area contributed by atoms with Gasteiger partial charge in [-0.1, -0.05) is 42.5 Å². The molecule has 1 saturated heterocycles. The second kappa shape index (κ2) is 5.83. The molecule has 1 unspecified atom stereocenters.